The van der Waals surface area contributed by atoms with E-state index in [9.17, 15) is 4.79 Å². The number of hydrogen-bond donors (Lipinski definition) is 0. The van der Waals surface area contributed by atoms with Crippen molar-refractivity contribution < 1.29 is 19.0 Å². The first-order valence-electron chi connectivity index (χ1n) is 7.11. The molecule has 24 heavy (non-hydrogen) atoms. The van der Waals surface area contributed by atoms with Crippen molar-refractivity contribution in [1.29, 1.82) is 0 Å². The fourth-order valence-corrected chi connectivity index (χ4v) is 2.80. The lowest BCUT2D eigenvalue weighted by atomic mass is 10.1. The predicted octanol–water partition coefficient (Wildman–Crippen LogP) is 3.65. The molecule has 1 heterocycles. The molecule has 0 N–H and O–H groups in total. The van der Waals surface area contributed by atoms with E-state index in [0.717, 1.165) is 9.13 Å². The number of methoxy groups -OCH3 is 2. The molecule has 0 bridgehead atoms. The minimum atomic E-state index is -0.492. The van der Waals surface area contributed by atoms with Crippen LogP contribution >= 0.6 is 22.6 Å². The van der Waals surface area contributed by atoms with Crippen molar-refractivity contribution in [3.8, 4) is 11.5 Å². The fourth-order valence-electron chi connectivity index (χ4n) is 2.25. The van der Waals surface area contributed by atoms with Gasteiger partial charge in [-0.25, -0.2) is 9.79 Å². The number of aliphatic imine (C=N–C) groups is 1. The number of halogens is 1. The maximum absolute atomic E-state index is 12.1. The fraction of sp³-hybridized carbons (Fsp3) is 0.111. The second kappa shape index (κ2) is 7.04. The van der Waals surface area contributed by atoms with Crippen LogP contribution < -0.4 is 9.47 Å². The molecule has 0 saturated carbocycles. The smallest absolute Gasteiger partial charge is 0.363 e. The number of benzene rings is 2. The summed E-state index contributed by atoms with van der Waals surface area (Å²) >= 11 is 2.20. The van der Waals surface area contributed by atoms with Crippen LogP contribution in [0.1, 0.15) is 11.1 Å². The monoisotopic (exact) mass is 435 g/mol. The Morgan fingerprint density at radius 1 is 1.12 bits per heavy atom. The van der Waals surface area contributed by atoms with E-state index in [2.05, 4.69) is 27.6 Å². The first kappa shape index (κ1) is 16.5. The second-order valence-electron chi connectivity index (χ2n) is 4.95. The summed E-state index contributed by atoms with van der Waals surface area (Å²) in [6.07, 6.45) is 1.63. The molecule has 0 aromatic heterocycles. The Morgan fingerprint density at radius 3 is 2.67 bits per heavy atom. The van der Waals surface area contributed by atoms with Crippen molar-refractivity contribution in [1.82, 2.24) is 0 Å². The van der Waals surface area contributed by atoms with E-state index < -0.39 is 5.97 Å². The highest BCUT2D eigenvalue weighted by Gasteiger charge is 2.24. The summed E-state index contributed by atoms with van der Waals surface area (Å²) in [5.74, 6) is 1.09. The number of cyclic esters (lactones) is 1. The lowest BCUT2D eigenvalue weighted by Crippen LogP contribution is -2.05. The Balaban J connectivity index is 2.00. The van der Waals surface area contributed by atoms with Crippen LogP contribution in [0.4, 0.5) is 0 Å². The molecule has 6 heteroatoms. The standard InChI is InChI=1S/C18H14INO4/c1-22-14-6-7-16(23-2)12(9-14)10-15-18(21)24-17(20-15)11-4-3-5-13(19)8-11/h3-10H,1-2H3/b15-10-. The number of carbonyl (C=O) groups excluding carboxylic acids is 1. The van der Waals surface area contributed by atoms with Crippen LogP contribution in [0.3, 0.4) is 0 Å². The number of rotatable bonds is 4. The van der Waals surface area contributed by atoms with Gasteiger partial charge in [-0.15, -0.1) is 0 Å². The van der Waals surface area contributed by atoms with Crippen LogP contribution in [0.25, 0.3) is 6.08 Å². The molecule has 0 saturated heterocycles. The summed E-state index contributed by atoms with van der Waals surface area (Å²) in [5, 5.41) is 0. The highest BCUT2D eigenvalue weighted by atomic mass is 127. The average Bonchev–Trinajstić information content (AvgIpc) is 2.95. The van der Waals surface area contributed by atoms with Crippen LogP contribution in [0.15, 0.2) is 53.2 Å². The van der Waals surface area contributed by atoms with Crippen molar-refractivity contribution in [3.63, 3.8) is 0 Å². The highest BCUT2D eigenvalue weighted by molar-refractivity contribution is 14.1. The van der Waals surface area contributed by atoms with E-state index >= 15 is 0 Å². The van der Waals surface area contributed by atoms with E-state index in [4.69, 9.17) is 14.2 Å². The van der Waals surface area contributed by atoms with Crippen LogP contribution in [0.5, 0.6) is 11.5 Å². The summed E-state index contributed by atoms with van der Waals surface area (Å²) in [6.45, 7) is 0. The largest absolute Gasteiger partial charge is 0.497 e. The van der Waals surface area contributed by atoms with Gasteiger partial charge in [0, 0.05) is 14.7 Å². The Morgan fingerprint density at radius 2 is 1.96 bits per heavy atom. The van der Waals surface area contributed by atoms with Gasteiger partial charge in [0.15, 0.2) is 5.70 Å². The zero-order chi connectivity index (χ0) is 17.1. The van der Waals surface area contributed by atoms with Gasteiger partial charge in [0.2, 0.25) is 5.90 Å². The Hall–Kier alpha value is -2.35. The third kappa shape index (κ3) is 3.43. The molecule has 122 valence electrons. The quantitative estimate of drug-likeness (QED) is 0.418. The van der Waals surface area contributed by atoms with Gasteiger partial charge in [-0.3, -0.25) is 0 Å². The van der Waals surface area contributed by atoms with Gasteiger partial charge in [-0.1, -0.05) is 6.07 Å². The molecular formula is C18H14INO4. The van der Waals surface area contributed by atoms with Crippen LogP contribution in [0.2, 0.25) is 0 Å². The van der Waals surface area contributed by atoms with E-state index in [1.807, 2.05) is 24.3 Å². The van der Waals surface area contributed by atoms with Crippen LogP contribution in [-0.4, -0.2) is 26.1 Å². The molecule has 0 atom stereocenters. The van der Waals surface area contributed by atoms with Crippen molar-refractivity contribution >= 4 is 40.5 Å². The van der Waals surface area contributed by atoms with Gasteiger partial charge in [0.05, 0.1) is 14.2 Å². The molecule has 5 nitrogen and oxygen atoms in total. The zero-order valence-corrected chi connectivity index (χ0v) is 15.2. The van der Waals surface area contributed by atoms with Gasteiger partial charge in [-0.2, -0.15) is 0 Å². The van der Waals surface area contributed by atoms with E-state index in [1.165, 1.54) is 0 Å². The SMILES string of the molecule is COc1ccc(OC)c(/C=C2\N=C(c3cccc(I)c3)OC2=O)c1. The van der Waals surface area contributed by atoms with E-state index in [1.54, 1.807) is 38.5 Å². The number of hydrogen-bond acceptors (Lipinski definition) is 5. The molecular weight excluding hydrogens is 421 g/mol. The third-order valence-corrected chi connectivity index (χ3v) is 4.09. The molecule has 2 aromatic carbocycles. The minimum absolute atomic E-state index is 0.218. The predicted molar refractivity (Wildman–Crippen MR) is 99.3 cm³/mol. The first-order valence-corrected chi connectivity index (χ1v) is 8.19. The third-order valence-electron chi connectivity index (χ3n) is 3.42. The van der Waals surface area contributed by atoms with E-state index in [0.29, 0.717) is 23.0 Å². The van der Waals surface area contributed by atoms with Crippen molar-refractivity contribution in [3.05, 3.63) is 62.9 Å². The molecule has 0 unspecified atom stereocenters. The molecule has 0 spiro atoms. The number of nitrogens with zero attached hydrogens (tertiary/aromatic N) is 1. The topological polar surface area (TPSA) is 57.1 Å². The molecule has 0 radical (unpaired) electrons. The van der Waals surface area contributed by atoms with Gasteiger partial charge in [0.1, 0.15) is 11.5 Å². The number of esters is 1. The average molecular weight is 435 g/mol. The van der Waals surface area contributed by atoms with Crippen molar-refractivity contribution in [2.24, 2.45) is 4.99 Å². The molecule has 2 aromatic rings. The molecule has 3 rings (SSSR count). The number of carbonyl (C=O) groups is 1. The summed E-state index contributed by atoms with van der Waals surface area (Å²) in [4.78, 5) is 16.4. The molecule has 1 aliphatic rings. The van der Waals surface area contributed by atoms with Gasteiger partial charge < -0.3 is 14.2 Å². The molecule has 1 aliphatic heterocycles. The first-order chi connectivity index (χ1) is 11.6. The van der Waals surface area contributed by atoms with Gasteiger partial charge in [0.25, 0.3) is 0 Å². The van der Waals surface area contributed by atoms with Crippen LogP contribution in [-0.2, 0) is 9.53 Å². The van der Waals surface area contributed by atoms with E-state index in [-0.39, 0.29) is 5.70 Å². The molecule has 0 amide bonds. The highest BCUT2D eigenvalue weighted by Crippen LogP contribution is 2.28. The lowest BCUT2D eigenvalue weighted by molar-refractivity contribution is -0.129. The van der Waals surface area contributed by atoms with Crippen LogP contribution in [0, 0.1) is 3.57 Å². The normalized spacial score (nSPS) is 15.2. The lowest BCUT2D eigenvalue weighted by Gasteiger charge is -2.07. The van der Waals surface area contributed by atoms with Gasteiger partial charge in [-0.05, 0) is 65.1 Å². The molecule has 0 aliphatic carbocycles. The summed E-state index contributed by atoms with van der Waals surface area (Å²) in [7, 11) is 3.15. The Labute approximate surface area is 153 Å². The zero-order valence-electron chi connectivity index (χ0n) is 13.1. The van der Waals surface area contributed by atoms with Gasteiger partial charge >= 0.3 is 5.97 Å². The Bertz CT molecular complexity index is 858. The summed E-state index contributed by atoms with van der Waals surface area (Å²) in [5.41, 5.74) is 1.67. The maximum atomic E-state index is 12.1. The summed E-state index contributed by atoms with van der Waals surface area (Å²) in [6, 6.07) is 12.9. The summed E-state index contributed by atoms with van der Waals surface area (Å²) < 4.78 is 16.8. The maximum Gasteiger partial charge on any atom is 0.363 e. The Kier molecular flexibility index (Phi) is 4.84. The van der Waals surface area contributed by atoms with Crippen molar-refractivity contribution in [2.45, 2.75) is 0 Å². The minimum Gasteiger partial charge on any atom is -0.497 e. The number of ether oxygens (including phenoxy) is 3. The second-order valence-corrected chi connectivity index (χ2v) is 6.20. The molecule has 0 fully saturated rings. The van der Waals surface area contributed by atoms with Crippen molar-refractivity contribution in [2.75, 3.05) is 14.2 Å².